The standard InChI is InChI=1S/C16H23NO2/c1-13-6-2-3-7-15(13)12-17-10-5-11-19-16(18)14-8-4-9-14/h2-3,6-7,14,17H,4-5,8-12H2,1H3. The van der Waals surface area contributed by atoms with Crippen LogP contribution in [0, 0.1) is 12.8 Å². The first-order valence-electron chi connectivity index (χ1n) is 7.19. The van der Waals surface area contributed by atoms with Crippen molar-refractivity contribution >= 4 is 5.97 Å². The van der Waals surface area contributed by atoms with E-state index < -0.39 is 0 Å². The van der Waals surface area contributed by atoms with Gasteiger partial charge in [-0.1, -0.05) is 30.7 Å². The lowest BCUT2D eigenvalue weighted by Gasteiger charge is -2.23. The highest BCUT2D eigenvalue weighted by atomic mass is 16.5. The molecule has 0 bridgehead atoms. The third-order valence-corrected chi connectivity index (χ3v) is 3.76. The van der Waals surface area contributed by atoms with Crippen LogP contribution in [0.15, 0.2) is 24.3 Å². The summed E-state index contributed by atoms with van der Waals surface area (Å²) >= 11 is 0. The van der Waals surface area contributed by atoms with Crippen LogP contribution >= 0.6 is 0 Å². The van der Waals surface area contributed by atoms with Crippen molar-refractivity contribution in [3.8, 4) is 0 Å². The summed E-state index contributed by atoms with van der Waals surface area (Å²) in [4.78, 5) is 11.5. The summed E-state index contributed by atoms with van der Waals surface area (Å²) in [5, 5.41) is 3.38. The second-order valence-corrected chi connectivity index (χ2v) is 5.25. The average molecular weight is 261 g/mol. The summed E-state index contributed by atoms with van der Waals surface area (Å²) in [6.07, 6.45) is 4.09. The first-order chi connectivity index (χ1) is 9.27. The van der Waals surface area contributed by atoms with E-state index in [1.54, 1.807) is 0 Å². The molecule has 0 heterocycles. The molecule has 104 valence electrons. The average Bonchev–Trinajstić information content (AvgIpc) is 2.33. The van der Waals surface area contributed by atoms with Crippen LogP contribution in [-0.4, -0.2) is 19.1 Å². The van der Waals surface area contributed by atoms with Gasteiger partial charge in [-0.3, -0.25) is 4.79 Å². The van der Waals surface area contributed by atoms with Crippen LogP contribution in [0.5, 0.6) is 0 Å². The molecule has 2 rings (SSSR count). The van der Waals surface area contributed by atoms with E-state index >= 15 is 0 Å². The third-order valence-electron chi connectivity index (χ3n) is 3.76. The quantitative estimate of drug-likeness (QED) is 0.606. The number of benzene rings is 1. The molecule has 1 saturated carbocycles. The van der Waals surface area contributed by atoms with Crippen molar-refractivity contribution < 1.29 is 9.53 Å². The Labute approximate surface area is 115 Å². The van der Waals surface area contributed by atoms with Crippen LogP contribution in [0.4, 0.5) is 0 Å². The molecule has 1 aromatic rings. The van der Waals surface area contributed by atoms with Gasteiger partial charge in [-0.25, -0.2) is 0 Å². The molecule has 1 N–H and O–H groups in total. The van der Waals surface area contributed by atoms with Crippen LogP contribution in [-0.2, 0) is 16.1 Å². The van der Waals surface area contributed by atoms with E-state index in [1.165, 1.54) is 17.5 Å². The number of carbonyl (C=O) groups is 1. The summed E-state index contributed by atoms with van der Waals surface area (Å²) in [5.74, 6) is 0.199. The third kappa shape index (κ3) is 4.35. The van der Waals surface area contributed by atoms with Gasteiger partial charge in [0.2, 0.25) is 0 Å². The smallest absolute Gasteiger partial charge is 0.308 e. The fourth-order valence-corrected chi connectivity index (χ4v) is 2.16. The molecule has 1 aliphatic carbocycles. The Bertz CT molecular complexity index is 413. The Balaban J connectivity index is 1.52. The Hall–Kier alpha value is -1.35. The monoisotopic (exact) mass is 261 g/mol. The summed E-state index contributed by atoms with van der Waals surface area (Å²) in [5.41, 5.74) is 2.64. The molecule has 0 spiro atoms. The first-order valence-corrected chi connectivity index (χ1v) is 7.19. The highest BCUT2D eigenvalue weighted by Crippen LogP contribution is 2.27. The predicted octanol–water partition coefficient (Wildman–Crippen LogP) is 2.82. The maximum Gasteiger partial charge on any atom is 0.308 e. The molecule has 0 aromatic heterocycles. The van der Waals surface area contributed by atoms with Crippen molar-refractivity contribution in [3.05, 3.63) is 35.4 Å². The van der Waals surface area contributed by atoms with Crippen LogP contribution < -0.4 is 5.32 Å². The minimum absolute atomic E-state index is 0.00477. The van der Waals surface area contributed by atoms with E-state index in [1.807, 2.05) is 0 Å². The molecule has 0 aliphatic heterocycles. The molecule has 0 amide bonds. The van der Waals surface area contributed by atoms with E-state index in [0.29, 0.717) is 6.61 Å². The normalized spacial score (nSPS) is 15.0. The number of rotatable bonds is 7. The lowest BCUT2D eigenvalue weighted by Crippen LogP contribution is -2.25. The molecule has 0 radical (unpaired) electrons. The van der Waals surface area contributed by atoms with Gasteiger partial charge in [0.25, 0.3) is 0 Å². The highest BCUT2D eigenvalue weighted by Gasteiger charge is 2.26. The van der Waals surface area contributed by atoms with Crippen LogP contribution in [0.1, 0.15) is 36.8 Å². The molecule has 1 aliphatic rings. The van der Waals surface area contributed by atoms with E-state index in [-0.39, 0.29) is 11.9 Å². The lowest BCUT2D eigenvalue weighted by molar-refractivity contribution is -0.151. The van der Waals surface area contributed by atoms with E-state index in [2.05, 4.69) is 36.5 Å². The fraction of sp³-hybridized carbons (Fsp3) is 0.562. The zero-order valence-corrected chi connectivity index (χ0v) is 11.7. The van der Waals surface area contributed by atoms with Crippen molar-refractivity contribution in [2.24, 2.45) is 5.92 Å². The summed E-state index contributed by atoms with van der Waals surface area (Å²) < 4.78 is 5.24. The number of aryl methyl sites for hydroxylation is 1. The zero-order chi connectivity index (χ0) is 13.5. The SMILES string of the molecule is Cc1ccccc1CNCCCOC(=O)C1CCC1. The van der Waals surface area contributed by atoms with Crippen LogP contribution in [0.25, 0.3) is 0 Å². The predicted molar refractivity (Wildman–Crippen MR) is 75.8 cm³/mol. The second kappa shape index (κ2) is 7.29. The van der Waals surface area contributed by atoms with Gasteiger partial charge in [-0.2, -0.15) is 0 Å². The lowest BCUT2D eigenvalue weighted by atomic mass is 9.86. The van der Waals surface area contributed by atoms with Gasteiger partial charge in [-0.05, 0) is 43.9 Å². The van der Waals surface area contributed by atoms with Gasteiger partial charge in [-0.15, -0.1) is 0 Å². The number of carbonyl (C=O) groups excluding carboxylic acids is 1. The minimum Gasteiger partial charge on any atom is -0.465 e. The van der Waals surface area contributed by atoms with Gasteiger partial charge >= 0.3 is 5.97 Å². The number of esters is 1. The number of nitrogens with one attached hydrogen (secondary N) is 1. The molecular weight excluding hydrogens is 238 g/mol. The number of hydrogen-bond donors (Lipinski definition) is 1. The van der Waals surface area contributed by atoms with Crippen molar-refractivity contribution in [1.29, 1.82) is 0 Å². The summed E-state index contributed by atoms with van der Waals surface area (Å²) in [7, 11) is 0. The summed E-state index contributed by atoms with van der Waals surface area (Å²) in [6, 6.07) is 8.37. The molecule has 0 atom stereocenters. The van der Waals surface area contributed by atoms with Crippen molar-refractivity contribution in [1.82, 2.24) is 5.32 Å². The van der Waals surface area contributed by atoms with Gasteiger partial charge in [0.15, 0.2) is 0 Å². The van der Waals surface area contributed by atoms with Gasteiger partial charge in [0, 0.05) is 6.54 Å². The van der Waals surface area contributed by atoms with E-state index in [4.69, 9.17) is 4.74 Å². The van der Waals surface area contributed by atoms with E-state index in [9.17, 15) is 4.79 Å². The van der Waals surface area contributed by atoms with Crippen molar-refractivity contribution in [3.63, 3.8) is 0 Å². The van der Waals surface area contributed by atoms with Gasteiger partial charge in [0.1, 0.15) is 0 Å². The summed E-state index contributed by atoms with van der Waals surface area (Å²) in [6.45, 7) is 4.42. The molecule has 0 unspecified atom stereocenters. The maximum atomic E-state index is 11.5. The van der Waals surface area contributed by atoms with E-state index in [0.717, 1.165) is 32.4 Å². The number of hydrogen-bond acceptors (Lipinski definition) is 3. The fourth-order valence-electron chi connectivity index (χ4n) is 2.16. The molecule has 1 fully saturated rings. The van der Waals surface area contributed by atoms with Crippen LogP contribution in [0.2, 0.25) is 0 Å². The van der Waals surface area contributed by atoms with Crippen molar-refractivity contribution in [2.75, 3.05) is 13.2 Å². The second-order valence-electron chi connectivity index (χ2n) is 5.25. The highest BCUT2D eigenvalue weighted by molar-refractivity contribution is 5.73. The minimum atomic E-state index is 0.00477. The Morgan fingerprint density at radius 2 is 2.16 bits per heavy atom. The molecule has 1 aromatic carbocycles. The number of ether oxygens (including phenoxy) is 1. The molecule has 3 heteroatoms. The molecular formula is C16H23NO2. The first kappa shape index (κ1) is 14.1. The largest absolute Gasteiger partial charge is 0.465 e. The zero-order valence-electron chi connectivity index (χ0n) is 11.7. The topological polar surface area (TPSA) is 38.3 Å². The maximum absolute atomic E-state index is 11.5. The molecule has 19 heavy (non-hydrogen) atoms. The van der Waals surface area contributed by atoms with Gasteiger partial charge in [0.05, 0.1) is 12.5 Å². The Morgan fingerprint density at radius 1 is 1.37 bits per heavy atom. The van der Waals surface area contributed by atoms with Crippen molar-refractivity contribution in [2.45, 2.75) is 39.2 Å². The molecule has 3 nitrogen and oxygen atoms in total. The van der Waals surface area contributed by atoms with Crippen LogP contribution in [0.3, 0.4) is 0 Å². The molecule has 0 saturated heterocycles. The van der Waals surface area contributed by atoms with Gasteiger partial charge < -0.3 is 10.1 Å². The Kier molecular flexibility index (Phi) is 5.40. The Morgan fingerprint density at radius 3 is 2.84 bits per heavy atom.